The summed E-state index contributed by atoms with van der Waals surface area (Å²) in [6.07, 6.45) is 1.45. The van der Waals surface area contributed by atoms with Crippen molar-refractivity contribution in [3.8, 4) is 0 Å². The minimum absolute atomic E-state index is 0.183. The summed E-state index contributed by atoms with van der Waals surface area (Å²) >= 11 is 1.83. The molecule has 1 unspecified atom stereocenters. The summed E-state index contributed by atoms with van der Waals surface area (Å²) in [5.74, 6) is 0.419. The van der Waals surface area contributed by atoms with Crippen LogP contribution >= 0.6 is 11.3 Å². The number of hydrogen-bond acceptors (Lipinski definition) is 3. The first kappa shape index (κ1) is 12.8. The van der Waals surface area contributed by atoms with Gasteiger partial charge in [0.25, 0.3) is 0 Å². The van der Waals surface area contributed by atoms with Crippen LogP contribution in [0, 0.1) is 0 Å². The first-order valence-electron chi connectivity index (χ1n) is 6.29. The van der Waals surface area contributed by atoms with Crippen molar-refractivity contribution < 1.29 is 4.79 Å². The Balaban J connectivity index is 2.03. The van der Waals surface area contributed by atoms with E-state index >= 15 is 0 Å². The lowest BCUT2D eigenvalue weighted by molar-refractivity contribution is -0.123. The number of piperidine rings is 1. The van der Waals surface area contributed by atoms with Crippen LogP contribution in [0.5, 0.6) is 0 Å². The Morgan fingerprint density at radius 1 is 1.53 bits per heavy atom. The van der Waals surface area contributed by atoms with Gasteiger partial charge in [0.05, 0.1) is 0 Å². The zero-order valence-electron chi connectivity index (χ0n) is 10.9. The molecule has 0 aliphatic carbocycles. The molecule has 0 amide bonds. The Bertz CT molecular complexity index is 383. The minimum atomic E-state index is 0.183. The lowest BCUT2D eigenvalue weighted by Gasteiger charge is -2.38. The van der Waals surface area contributed by atoms with Crippen LogP contribution in [0.4, 0.5) is 0 Å². The van der Waals surface area contributed by atoms with Crippen molar-refractivity contribution in [3.63, 3.8) is 0 Å². The van der Waals surface area contributed by atoms with Gasteiger partial charge in [-0.05, 0) is 18.4 Å². The molecule has 17 heavy (non-hydrogen) atoms. The fourth-order valence-corrected chi connectivity index (χ4v) is 3.38. The topological polar surface area (TPSA) is 20.3 Å². The third-order valence-corrected chi connectivity index (χ3v) is 4.85. The molecule has 1 aromatic rings. The fourth-order valence-electron chi connectivity index (χ4n) is 2.53. The van der Waals surface area contributed by atoms with E-state index in [1.54, 1.807) is 0 Å². The van der Waals surface area contributed by atoms with E-state index in [0.29, 0.717) is 11.8 Å². The van der Waals surface area contributed by atoms with Gasteiger partial charge in [-0.25, -0.2) is 0 Å². The molecule has 0 aromatic carbocycles. The van der Waals surface area contributed by atoms with Crippen molar-refractivity contribution in [1.29, 1.82) is 0 Å². The number of hydrogen-bond donors (Lipinski definition) is 0. The van der Waals surface area contributed by atoms with Crippen LogP contribution < -0.4 is 0 Å². The summed E-state index contributed by atoms with van der Waals surface area (Å²) in [6, 6.07) is 4.73. The highest BCUT2D eigenvalue weighted by molar-refractivity contribution is 7.10. The highest BCUT2D eigenvalue weighted by Crippen LogP contribution is 2.30. The molecule has 0 radical (unpaired) electrons. The molecule has 1 aromatic heterocycles. The molecule has 1 aliphatic rings. The average molecular weight is 251 g/mol. The molecule has 1 aliphatic heterocycles. The van der Waals surface area contributed by atoms with Gasteiger partial charge in [-0.15, -0.1) is 11.3 Å². The first-order valence-corrected chi connectivity index (χ1v) is 7.17. The van der Waals surface area contributed by atoms with Crippen LogP contribution in [0.2, 0.25) is 0 Å². The maximum absolute atomic E-state index is 11.4. The number of rotatable bonds is 3. The van der Waals surface area contributed by atoms with Gasteiger partial charge in [0.1, 0.15) is 5.78 Å². The molecule has 0 N–H and O–H groups in total. The number of carbonyl (C=O) groups is 1. The van der Waals surface area contributed by atoms with E-state index < -0.39 is 0 Å². The largest absolute Gasteiger partial charge is 0.300 e. The molecule has 0 spiro atoms. The maximum atomic E-state index is 11.4. The molecule has 1 fully saturated rings. The molecule has 2 rings (SSSR count). The highest BCUT2D eigenvalue weighted by atomic mass is 32.1. The summed E-state index contributed by atoms with van der Waals surface area (Å²) in [6.45, 7) is 8.72. The molecule has 2 heterocycles. The lowest BCUT2D eigenvalue weighted by Crippen LogP contribution is -2.46. The summed E-state index contributed by atoms with van der Waals surface area (Å²) in [7, 11) is 0. The Labute approximate surface area is 108 Å². The molecule has 2 nitrogen and oxygen atoms in total. The standard InChI is InChI=1S/C14H21NOS/c1-11-9-12(16)6-7-15(11)10-14(2,3)13-5-4-8-17-13/h4-5,8,11H,6-7,9-10H2,1-3H3. The molecular weight excluding hydrogens is 230 g/mol. The number of likely N-dealkylation sites (tertiary alicyclic amines) is 1. The smallest absolute Gasteiger partial charge is 0.135 e. The van der Waals surface area contributed by atoms with E-state index in [4.69, 9.17) is 0 Å². The van der Waals surface area contributed by atoms with Crippen LogP contribution in [0.3, 0.4) is 0 Å². The van der Waals surface area contributed by atoms with Crippen LogP contribution in [-0.4, -0.2) is 29.8 Å². The third kappa shape index (κ3) is 2.96. The Morgan fingerprint density at radius 3 is 2.88 bits per heavy atom. The molecule has 0 bridgehead atoms. The van der Waals surface area contributed by atoms with Gasteiger partial charge >= 0.3 is 0 Å². The number of carbonyl (C=O) groups excluding carboxylic acids is 1. The predicted molar refractivity (Wildman–Crippen MR) is 72.6 cm³/mol. The maximum Gasteiger partial charge on any atom is 0.135 e. The number of thiophene rings is 1. The Morgan fingerprint density at radius 2 is 2.29 bits per heavy atom. The van der Waals surface area contributed by atoms with Gasteiger partial charge in [-0.1, -0.05) is 19.9 Å². The van der Waals surface area contributed by atoms with Gasteiger partial charge in [-0.2, -0.15) is 0 Å². The molecule has 1 saturated heterocycles. The van der Waals surface area contributed by atoms with Crippen molar-refractivity contribution in [2.24, 2.45) is 0 Å². The highest BCUT2D eigenvalue weighted by Gasteiger charge is 2.30. The zero-order valence-corrected chi connectivity index (χ0v) is 11.7. The quantitative estimate of drug-likeness (QED) is 0.823. The normalized spacial score (nSPS) is 23.0. The van der Waals surface area contributed by atoms with Crippen LogP contribution in [0.15, 0.2) is 17.5 Å². The molecule has 1 atom stereocenters. The van der Waals surface area contributed by atoms with Gasteiger partial charge in [0.2, 0.25) is 0 Å². The summed E-state index contributed by atoms with van der Waals surface area (Å²) in [5.41, 5.74) is 0.183. The lowest BCUT2D eigenvalue weighted by atomic mass is 9.89. The summed E-state index contributed by atoms with van der Waals surface area (Å²) in [4.78, 5) is 15.3. The summed E-state index contributed by atoms with van der Waals surface area (Å²) < 4.78 is 0. The van der Waals surface area contributed by atoms with Crippen molar-refractivity contribution in [1.82, 2.24) is 4.90 Å². The molecule has 0 saturated carbocycles. The Kier molecular flexibility index (Phi) is 3.69. The number of nitrogens with zero attached hydrogens (tertiary/aromatic N) is 1. The van der Waals surface area contributed by atoms with E-state index in [-0.39, 0.29) is 5.41 Å². The van der Waals surface area contributed by atoms with Gasteiger partial charge < -0.3 is 0 Å². The zero-order chi connectivity index (χ0) is 12.5. The Hall–Kier alpha value is -0.670. The minimum Gasteiger partial charge on any atom is -0.300 e. The van der Waals surface area contributed by atoms with E-state index in [2.05, 4.69) is 43.2 Å². The van der Waals surface area contributed by atoms with Crippen molar-refractivity contribution in [3.05, 3.63) is 22.4 Å². The SMILES string of the molecule is CC1CC(=O)CCN1CC(C)(C)c1cccs1. The molecular formula is C14H21NOS. The third-order valence-electron chi connectivity index (χ3n) is 3.61. The van der Waals surface area contributed by atoms with Crippen molar-refractivity contribution >= 4 is 17.1 Å². The summed E-state index contributed by atoms with van der Waals surface area (Å²) in [5, 5.41) is 2.14. The molecule has 3 heteroatoms. The van der Waals surface area contributed by atoms with Crippen LogP contribution in [0.25, 0.3) is 0 Å². The van der Waals surface area contributed by atoms with Crippen LogP contribution in [0.1, 0.15) is 38.5 Å². The van der Waals surface area contributed by atoms with Gasteiger partial charge in [0, 0.05) is 42.3 Å². The molecule has 94 valence electrons. The number of ketones is 1. The van der Waals surface area contributed by atoms with E-state index in [0.717, 1.165) is 25.9 Å². The van der Waals surface area contributed by atoms with E-state index in [9.17, 15) is 4.79 Å². The second kappa shape index (κ2) is 4.91. The van der Waals surface area contributed by atoms with Gasteiger partial charge in [0.15, 0.2) is 0 Å². The van der Waals surface area contributed by atoms with E-state index in [1.807, 2.05) is 11.3 Å². The monoisotopic (exact) mass is 251 g/mol. The predicted octanol–water partition coefficient (Wildman–Crippen LogP) is 3.08. The van der Waals surface area contributed by atoms with E-state index in [1.165, 1.54) is 4.88 Å². The first-order chi connectivity index (χ1) is 7.99. The second-order valence-corrected chi connectivity index (χ2v) is 6.62. The second-order valence-electron chi connectivity index (χ2n) is 5.67. The fraction of sp³-hybridized carbons (Fsp3) is 0.643. The number of Topliss-reactive ketones (excluding diaryl/α,β-unsaturated/α-hetero) is 1. The van der Waals surface area contributed by atoms with Crippen molar-refractivity contribution in [2.45, 2.75) is 45.1 Å². The van der Waals surface area contributed by atoms with Crippen LogP contribution in [-0.2, 0) is 10.2 Å². The average Bonchev–Trinajstić information content (AvgIpc) is 2.76. The van der Waals surface area contributed by atoms with Crippen molar-refractivity contribution in [2.75, 3.05) is 13.1 Å². The van der Waals surface area contributed by atoms with Gasteiger partial charge in [-0.3, -0.25) is 9.69 Å².